The standard InChI is InChI=1S/C7H11F3OS/c1-6(5-11)3-2-4-12-7(8,9)10/h5-6H,2-4H2,1H3. The Bertz CT molecular complexity index is 135. The van der Waals surface area contributed by atoms with E-state index in [0.29, 0.717) is 12.8 Å². The van der Waals surface area contributed by atoms with E-state index in [2.05, 4.69) is 0 Å². The Morgan fingerprint density at radius 3 is 2.50 bits per heavy atom. The molecule has 1 atom stereocenters. The number of rotatable bonds is 5. The van der Waals surface area contributed by atoms with Crippen molar-refractivity contribution in [2.24, 2.45) is 5.92 Å². The summed E-state index contributed by atoms with van der Waals surface area (Å²) in [5, 5.41) is 0. The lowest BCUT2D eigenvalue weighted by Gasteiger charge is -2.05. The zero-order valence-corrected chi connectivity index (χ0v) is 7.54. The van der Waals surface area contributed by atoms with E-state index < -0.39 is 5.51 Å². The van der Waals surface area contributed by atoms with Gasteiger partial charge in [-0.25, -0.2) is 0 Å². The van der Waals surface area contributed by atoms with Crippen LogP contribution >= 0.6 is 11.8 Å². The van der Waals surface area contributed by atoms with Crippen LogP contribution in [0, 0.1) is 5.92 Å². The van der Waals surface area contributed by atoms with E-state index in [-0.39, 0.29) is 23.4 Å². The van der Waals surface area contributed by atoms with Gasteiger partial charge in [-0.15, -0.1) is 0 Å². The first-order valence-corrected chi connectivity index (χ1v) is 4.60. The van der Waals surface area contributed by atoms with Crippen molar-refractivity contribution in [3.8, 4) is 0 Å². The van der Waals surface area contributed by atoms with Gasteiger partial charge in [0.25, 0.3) is 0 Å². The SMILES string of the molecule is CC(C=O)CCCSC(F)(F)F. The molecule has 0 radical (unpaired) electrons. The minimum atomic E-state index is -4.13. The number of carbonyl (C=O) groups excluding carboxylic acids is 1. The largest absolute Gasteiger partial charge is 0.441 e. The van der Waals surface area contributed by atoms with Crippen molar-refractivity contribution in [1.82, 2.24) is 0 Å². The van der Waals surface area contributed by atoms with Crippen LogP contribution in [0.1, 0.15) is 19.8 Å². The summed E-state index contributed by atoms with van der Waals surface area (Å²) in [5.41, 5.74) is -4.13. The van der Waals surface area contributed by atoms with Crippen LogP contribution in [-0.2, 0) is 4.79 Å². The lowest BCUT2D eigenvalue weighted by atomic mass is 10.1. The maximum atomic E-state index is 11.6. The fraction of sp³-hybridized carbons (Fsp3) is 0.857. The molecule has 0 aromatic heterocycles. The van der Waals surface area contributed by atoms with Crippen molar-refractivity contribution >= 4 is 18.0 Å². The first-order chi connectivity index (χ1) is 5.45. The maximum Gasteiger partial charge on any atom is 0.441 e. The van der Waals surface area contributed by atoms with E-state index >= 15 is 0 Å². The van der Waals surface area contributed by atoms with Crippen LogP contribution in [-0.4, -0.2) is 17.5 Å². The summed E-state index contributed by atoms with van der Waals surface area (Å²) < 4.78 is 34.7. The summed E-state index contributed by atoms with van der Waals surface area (Å²) in [7, 11) is 0. The Hall–Kier alpha value is -0.190. The van der Waals surface area contributed by atoms with Crippen LogP contribution in [0.3, 0.4) is 0 Å². The smallest absolute Gasteiger partial charge is 0.303 e. The molecule has 72 valence electrons. The normalized spacial score (nSPS) is 14.3. The molecule has 12 heavy (non-hydrogen) atoms. The zero-order valence-electron chi connectivity index (χ0n) is 6.73. The van der Waals surface area contributed by atoms with Gasteiger partial charge in [0.05, 0.1) is 0 Å². The topological polar surface area (TPSA) is 17.1 Å². The summed E-state index contributed by atoms with van der Waals surface area (Å²) in [5.74, 6) is -0.0827. The van der Waals surface area contributed by atoms with Crippen molar-refractivity contribution in [2.45, 2.75) is 25.3 Å². The second kappa shape index (κ2) is 5.45. The molecular formula is C7H11F3OS. The van der Waals surface area contributed by atoms with Gasteiger partial charge in [-0.1, -0.05) is 18.7 Å². The molecule has 0 heterocycles. The molecule has 5 heteroatoms. The third kappa shape index (κ3) is 7.91. The van der Waals surface area contributed by atoms with Crippen molar-refractivity contribution in [1.29, 1.82) is 0 Å². The van der Waals surface area contributed by atoms with Gasteiger partial charge in [-0.2, -0.15) is 13.2 Å². The van der Waals surface area contributed by atoms with Gasteiger partial charge in [-0.3, -0.25) is 0 Å². The van der Waals surface area contributed by atoms with Gasteiger partial charge < -0.3 is 4.79 Å². The molecule has 0 aliphatic carbocycles. The number of alkyl halides is 3. The van der Waals surface area contributed by atoms with Gasteiger partial charge in [0.1, 0.15) is 6.29 Å². The Kier molecular flexibility index (Phi) is 5.37. The Balaban J connectivity index is 3.27. The molecule has 0 spiro atoms. The molecule has 0 fully saturated rings. The maximum absolute atomic E-state index is 11.6. The molecule has 0 amide bonds. The molecule has 0 saturated carbocycles. The lowest BCUT2D eigenvalue weighted by Crippen LogP contribution is -2.03. The minimum Gasteiger partial charge on any atom is -0.303 e. The van der Waals surface area contributed by atoms with Crippen LogP contribution < -0.4 is 0 Å². The molecule has 0 aliphatic heterocycles. The molecule has 0 aromatic carbocycles. The molecule has 0 aliphatic rings. The second-order valence-electron chi connectivity index (χ2n) is 2.55. The highest BCUT2D eigenvalue weighted by atomic mass is 32.2. The van der Waals surface area contributed by atoms with Gasteiger partial charge in [0.2, 0.25) is 0 Å². The average Bonchev–Trinajstić information content (AvgIpc) is 1.96. The monoisotopic (exact) mass is 200 g/mol. The van der Waals surface area contributed by atoms with E-state index in [0.717, 1.165) is 6.29 Å². The molecule has 1 unspecified atom stereocenters. The van der Waals surface area contributed by atoms with Gasteiger partial charge in [0.15, 0.2) is 0 Å². The molecule has 0 rings (SSSR count). The first kappa shape index (κ1) is 11.8. The number of halogens is 3. The number of hydrogen-bond acceptors (Lipinski definition) is 2. The molecule has 0 aromatic rings. The van der Waals surface area contributed by atoms with Gasteiger partial charge in [-0.05, 0) is 12.8 Å². The van der Waals surface area contributed by atoms with E-state index in [1.807, 2.05) is 0 Å². The Morgan fingerprint density at radius 1 is 1.50 bits per heavy atom. The summed E-state index contributed by atoms with van der Waals surface area (Å²) in [4.78, 5) is 10.1. The summed E-state index contributed by atoms with van der Waals surface area (Å²) >= 11 is -0.0299. The van der Waals surface area contributed by atoms with Crippen LogP contribution in [0.4, 0.5) is 13.2 Å². The highest BCUT2D eigenvalue weighted by Gasteiger charge is 2.27. The predicted octanol–water partition coefficient (Wildman–Crippen LogP) is 2.85. The highest BCUT2D eigenvalue weighted by molar-refractivity contribution is 8.00. The van der Waals surface area contributed by atoms with E-state index in [1.165, 1.54) is 0 Å². The number of aldehydes is 1. The van der Waals surface area contributed by atoms with Crippen LogP contribution in [0.2, 0.25) is 0 Å². The Labute approximate surface area is 73.7 Å². The molecule has 0 N–H and O–H groups in total. The highest BCUT2D eigenvalue weighted by Crippen LogP contribution is 2.30. The van der Waals surface area contributed by atoms with Crippen LogP contribution in [0.15, 0.2) is 0 Å². The van der Waals surface area contributed by atoms with Crippen molar-refractivity contribution in [3.63, 3.8) is 0 Å². The number of thioether (sulfide) groups is 1. The molecular weight excluding hydrogens is 189 g/mol. The van der Waals surface area contributed by atoms with Crippen molar-refractivity contribution in [3.05, 3.63) is 0 Å². The summed E-state index contributed by atoms with van der Waals surface area (Å²) in [6.45, 7) is 1.70. The first-order valence-electron chi connectivity index (χ1n) is 3.61. The van der Waals surface area contributed by atoms with E-state index in [9.17, 15) is 18.0 Å². The average molecular weight is 200 g/mol. The zero-order chi connectivity index (χ0) is 9.61. The van der Waals surface area contributed by atoms with Crippen LogP contribution in [0.25, 0.3) is 0 Å². The molecule has 1 nitrogen and oxygen atoms in total. The molecule has 0 bridgehead atoms. The van der Waals surface area contributed by atoms with Crippen molar-refractivity contribution < 1.29 is 18.0 Å². The lowest BCUT2D eigenvalue weighted by molar-refractivity contribution is -0.110. The second-order valence-corrected chi connectivity index (χ2v) is 3.71. The minimum absolute atomic E-state index is 0.0299. The quantitative estimate of drug-likeness (QED) is 0.501. The van der Waals surface area contributed by atoms with E-state index in [1.54, 1.807) is 6.92 Å². The predicted molar refractivity (Wildman–Crippen MR) is 43.0 cm³/mol. The Morgan fingerprint density at radius 2 is 2.08 bits per heavy atom. The number of hydrogen-bond donors (Lipinski definition) is 0. The summed E-state index contributed by atoms with van der Waals surface area (Å²) in [6.07, 6.45) is 1.73. The third-order valence-electron chi connectivity index (χ3n) is 1.30. The van der Waals surface area contributed by atoms with Gasteiger partial charge >= 0.3 is 5.51 Å². The van der Waals surface area contributed by atoms with Crippen molar-refractivity contribution in [2.75, 3.05) is 5.75 Å². The summed E-state index contributed by atoms with van der Waals surface area (Å²) in [6, 6.07) is 0. The fourth-order valence-corrected chi connectivity index (χ4v) is 1.20. The number of carbonyl (C=O) groups is 1. The molecule has 0 saturated heterocycles. The van der Waals surface area contributed by atoms with Gasteiger partial charge in [0, 0.05) is 11.7 Å². The van der Waals surface area contributed by atoms with Crippen LogP contribution in [0.5, 0.6) is 0 Å². The third-order valence-corrected chi connectivity index (χ3v) is 2.12. The van der Waals surface area contributed by atoms with E-state index in [4.69, 9.17) is 0 Å². The fourth-order valence-electron chi connectivity index (χ4n) is 0.661.